The molecule has 0 aromatic heterocycles. The fourth-order valence-corrected chi connectivity index (χ4v) is 2.43. The quantitative estimate of drug-likeness (QED) is 0.564. The largest absolute Gasteiger partial charge is 0.454 e. The maximum absolute atomic E-state index is 5.41. The summed E-state index contributed by atoms with van der Waals surface area (Å²) < 4.78 is 10.7. The fourth-order valence-electron chi connectivity index (χ4n) is 2.43. The van der Waals surface area contributed by atoms with Crippen molar-refractivity contribution in [2.75, 3.05) is 33.5 Å². The standard InChI is InChI=1S/C18H30N4O2/c1-5-14(3)22(4)10-9-20-18(19-6-2)21-12-15-7-8-16-17(11-15)24-13-23-16/h7-8,11,14H,5-6,9-10,12-13H2,1-4H3,(H2,19,20,21). The summed E-state index contributed by atoms with van der Waals surface area (Å²) in [6.07, 6.45) is 1.16. The van der Waals surface area contributed by atoms with Gasteiger partial charge in [-0.3, -0.25) is 0 Å². The molecule has 24 heavy (non-hydrogen) atoms. The van der Waals surface area contributed by atoms with Crippen LogP contribution in [0.25, 0.3) is 0 Å². The molecule has 1 aromatic rings. The number of hydrogen-bond donors (Lipinski definition) is 2. The van der Waals surface area contributed by atoms with Crippen molar-refractivity contribution in [2.24, 2.45) is 4.99 Å². The second-order valence-corrected chi connectivity index (χ2v) is 6.05. The lowest BCUT2D eigenvalue weighted by Gasteiger charge is -2.24. The number of rotatable bonds is 8. The topological polar surface area (TPSA) is 58.1 Å². The first kappa shape index (κ1) is 18.4. The number of aliphatic imine (C=N–C) groups is 1. The monoisotopic (exact) mass is 334 g/mol. The van der Waals surface area contributed by atoms with Gasteiger partial charge in [0.15, 0.2) is 17.5 Å². The molecule has 1 unspecified atom stereocenters. The van der Waals surface area contributed by atoms with Gasteiger partial charge in [-0.1, -0.05) is 13.0 Å². The Morgan fingerprint density at radius 1 is 1.25 bits per heavy atom. The molecule has 2 rings (SSSR count). The third kappa shape index (κ3) is 5.30. The van der Waals surface area contributed by atoms with Gasteiger partial charge in [-0.15, -0.1) is 0 Å². The highest BCUT2D eigenvalue weighted by molar-refractivity contribution is 5.79. The summed E-state index contributed by atoms with van der Waals surface area (Å²) in [5, 5.41) is 6.68. The lowest BCUT2D eigenvalue weighted by Crippen LogP contribution is -2.42. The van der Waals surface area contributed by atoms with E-state index in [1.807, 2.05) is 18.2 Å². The zero-order valence-corrected chi connectivity index (χ0v) is 15.3. The lowest BCUT2D eigenvalue weighted by molar-refractivity contribution is 0.174. The molecule has 2 N–H and O–H groups in total. The summed E-state index contributed by atoms with van der Waals surface area (Å²) in [7, 11) is 2.16. The van der Waals surface area contributed by atoms with Crippen molar-refractivity contribution in [3.63, 3.8) is 0 Å². The maximum Gasteiger partial charge on any atom is 0.231 e. The van der Waals surface area contributed by atoms with Gasteiger partial charge < -0.3 is 25.0 Å². The van der Waals surface area contributed by atoms with Gasteiger partial charge in [0.1, 0.15) is 0 Å². The third-order valence-electron chi connectivity index (χ3n) is 4.30. The molecule has 134 valence electrons. The van der Waals surface area contributed by atoms with Crippen molar-refractivity contribution in [1.82, 2.24) is 15.5 Å². The Balaban J connectivity index is 1.86. The van der Waals surface area contributed by atoms with Crippen LogP contribution in [0.3, 0.4) is 0 Å². The van der Waals surface area contributed by atoms with E-state index >= 15 is 0 Å². The predicted molar refractivity (Wildman–Crippen MR) is 97.8 cm³/mol. The molecule has 1 atom stereocenters. The summed E-state index contributed by atoms with van der Waals surface area (Å²) in [4.78, 5) is 7.01. The Kier molecular flexibility index (Phi) is 7.18. The Hall–Kier alpha value is -1.95. The van der Waals surface area contributed by atoms with Crippen LogP contribution in [0.5, 0.6) is 11.5 Å². The molecular formula is C18H30N4O2. The number of nitrogens with one attached hydrogen (secondary N) is 2. The molecule has 0 bridgehead atoms. The van der Waals surface area contributed by atoms with Crippen molar-refractivity contribution in [3.8, 4) is 11.5 Å². The van der Waals surface area contributed by atoms with Crippen molar-refractivity contribution in [3.05, 3.63) is 23.8 Å². The first-order chi connectivity index (χ1) is 11.6. The second-order valence-electron chi connectivity index (χ2n) is 6.05. The normalized spacial score (nSPS) is 14.8. The molecule has 0 radical (unpaired) electrons. The van der Waals surface area contributed by atoms with Gasteiger partial charge >= 0.3 is 0 Å². The molecule has 0 fully saturated rings. The van der Waals surface area contributed by atoms with Gasteiger partial charge in [0.25, 0.3) is 0 Å². The van der Waals surface area contributed by atoms with Crippen LogP contribution in [0.15, 0.2) is 23.2 Å². The number of hydrogen-bond acceptors (Lipinski definition) is 4. The minimum Gasteiger partial charge on any atom is -0.454 e. The zero-order valence-electron chi connectivity index (χ0n) is 15.3. The second kappa shape index (κ2) is 9.37. The highest BCUT2D eigenvalue weighted by Crippen LogP contribution is 2.32. The maximum atomic E-state index is 5.41. The van der Waals surface area contributed by atoms with Crippen molar-refractivity contribution >= 4 is 5.96 Å². The van der Waals surface area contributed by atoms with Crippen LogP contribution < -0.4 is 20.1 Å². The van der Waals surface area contributed by atoms with Gasteiger partial charge in [0.2, 0.25) is 6.79 Å². The summed E-state index contributed by atoms with van der Waals surface area (Å²) >= 11 is 0. The molecule has 6 heteroatoms. The highest BCUT2D eigenvalue weighted by atomic mass is 16.7. The van der Waals surface area contributed by atoms with E-state index in [4.69, 9.17) is 9.47 Å². The molecule has 0 spiro atoms. The molecule has 1 aliphatic heterocycles. The SMILES string of the molecule is CCNC(=NCc1ccc2c(c1)OCO2)NCCN(C)C(C)CC. The molecule has 1 aliphatic rings. The van der Waals surface area contributed by atoms with Gasteiger partial charge in [0, 0.05) is 25.7 Å². The molecule has 0 saturated heterocycles. The van der Waals surface area contributed by atoms with E-state index in [9.17, 15) is 0 Å². The van der Waals surface area contributed by atoms with Crippen molar-refractivity contribution in [2.45, 2.75) is 39.8 Å². The molecule has 1 heterocycles. The van der Waals surface area contributed by atoms with Crippen LogP contribution in [-0.4, -0.2) is 50.4 Å². The molecule has 0 amide bonds. The number of fused-ring (bicyclic) bond motifs is 1. The molecule has 0 aliphatic carbocycles. The first-order valence-electron chi connectivity index (χ1n) is 8.75. The first-order valence-corrected chi connectivity index (χ1v) is 8.75. The number of likely N-dealkylation sites (N-methyl/N-ethyl adjacent to an activating group) is 1. The summed E-state index contributed by atoms with van der Waals surface area (Å²) in [5.41, 5.74) is 1.10. The summed E-state index contributed by atoms with van der Waals surface area (Å²) in [6.45, 7) is 10.1. The van der Waals surface area contributed by atoms with E-state index in [1.54, 1.807) is 0 Å². The zero-order chi connectivity index (χ0) is 17.4. The van der Waals surface area contributed by atoms with Crippen LogP contribution in [-0.2, 0) is 6.54 Å². The fraction of sp³-hybridized carbons (Fsp3) is 0.611. The average molecular weight is 334 g/mol. The molecular weight excluding hydrogens is 304 g/mol. The van der Waals surface area contributed by atoms with Gasteiger partial charge in [0.05, 0.1) is 6.54 Å². The van der Waals surface area contributed by atoms with Crippen LogP contribution in [0, 0.1) is 0 Å². The van der Waals surface area contributed by atoms with Gasteiger partial charge in [-0.2, -0.15) is 0 Å². The van der Waals surface area contributed by atoms with Gasteiger partial charge in [-0.05, 0) is 45.0 Å². The predicted octanol–water partition coefficient (Wildman–Crippen LogP) is 2.20. The van der Waals surface area contributed by atoms with E-state index in [-0.39, 0.29) is 0 Å². The number of benzene rings is 1. The van der Waals surface area contributed by atoms with E-state index in [2.05, 4.69) is 48.3 Å². The highest BCUT2D eigenvalue weighted by Gasteiger charge is 2.13. The minimum absolute atomic E-state index is 0.302. The van der Waals surface area contributed by atoms with E-state index in [1.165, 1.54) is 0 Å². The summed E-state index contributed by atoms with van der Waals surface area (Å²) in [6, 6.07) is 6.55. The van der Waals surface area contributed by atoms with Crippen molar-refractivity contribution in [1.29, 1.82) is 0 Å². The summed E-state index contributed by atoms with van der Waals surface area (Å²) in [5.74, 6) is 2.45. The van der Waals surface area contributed by atoms with Crippen molar-refractivity contribution < 1.29 is 9.47 Å². The molecule has 1 aromatic carbocycles. The Bertz CT molecular complexity index is 548. The Labute approximate surface area is 145 Å². The lowest BCUT2D eigenvalue weighted by atomic mass is 10.2. The minimum atomic E-state index is 0.302. The van der Waals surface area contributed by atoms with Crippen LogP contribution in [0.4, 0.5) is 0 Å². The molecule has 6 nitrogen and oxygen atoms in total. The van der Waals surface area contributed by atoms with E-state index in [0.29, 0.717) is 19.4 Å². The van der Waals surface area contributed by atoms with Crippen LogP contribution in [0.1, 0.15) is 32.8 Å². The van der Waals surface area contributed by atoms with Gasteiger partial charge in [-0.25, -0.2) is 4.99 Å². The smallest absolute Gasteiger partial charge is 0.231 e. The number of ether oxygens (including phenoxy) is 2. The molecule has 0 saturated carbocycles. The van der Waals surface area contributed by atoms with Crippen LogP contribution >= 0.6 is 0 Å². The number of guanidine groups is 1. The Morgan fingerprint density at radius 2 is 2.04 bits per heavy atom. The van der Waals surface area contributed by atoms with E-state index < -0.39 is 0 Å². The van der Waals surface area contributed by atoms with Crippen LogP contribution in [0.2, 0.25) is 0 Å². The Morgan fingerprint density at radius 3 is 2.79 bits per heavy atom. The van der Waals surface area contributed by atoms with E-state index in [0.717, 1.165) is 49.1 Å². The third-order valence-corrected chi connectivity index (χ3v) is 4.30. The average Bonchev–Trinajstić information content (AvgIpc) is 3.06. The number of nitrogens with zero attached hydrogens (tertiary/aromatic N) is 2.